The molecule has 66 valence electrons. The van der Waals surface area contributed by atoms with Crippen LogP contribution in [0.2, 0.25) is 5.15 Å². The second kappa shape index (κ2) is 4.08. The third-order valence-electron chi connectivity index (χ3n) is 1.98. The van der Waals surface area contributed by atoms with E-state index in [4.69, 9.17) is 11.6 Å². The van der Waals surface area contributed by atoms with Gasteiger partial charge in [-0.25, -0.2) is 4.98 Å². The lowest BCUT2D eigenvalue weighted by Gasteiger charge is -2.27. The minimum absolute atomic E-state index is 0. The summed E-state index contributed by atoms with van der Waals surface area (Å²) in [5, 5.41) is 3.86. The van der Waals surface area contributed by atoms with Gasteiger partial charge in [-0.1, -0.05) is 17.7 Å². The van der Waals surface area contributed by atoms with E-state index in [2.05, 4.69) is 10.3 Å². The van der Waals surface area contributed by atoms with Gasteiger partial charge in [-0.3, -0.25) is 0 Å². The quantitative estimate of drug-likeness (QED) is 0.711. The first-order chi connectivity index (χ1) is 5.36. The molecule has 1 aromatic rings. The van der Waals surface area contributed by atoms with Gasteiger partial charge in [0.1, 0.15) is 5.15 Å². The number of pyridine rings is 1. The molecular formula is C8H10Cl2N2. The van der Waals surface area contributed by atoms with Crippen molar-refractivity contribution in [2.24, 2.45) is 0 Å². The molecule has 2 nitrogen and oxygen atoms in total. The Labute approximate surface area is 82.7 Å². The summed E-state index contributed by atoms with van der Waals surface area (Å²) in [6.45, 7) is 1.12. The molecule has 1 aromatic heterocycles. The van der Waals surface area contributed by atoms with Gasteiger partial charge in [0.05, 0.1) is 0 Å². The Bertz CT molecular complexity index is 244. The maximum Gasteiger partial charge on any atom is 0.129 e. The molecule has 12 heavy (non-hydrogen) atoms. The molecule has 1 aliphatic heterocycles. The fraction of sp³-hybridized carbons (Fsp3) is 0.375. The van der Waals surface area contributed by atoms with Crippen LogP contribution in [0.15, 0.2) is 18.3 Å². The summed E-state index contributed by atoms with van der Waals surface area (Å²) in [6.07, 6.45) is 3.04. The summed E-state index contributed by atoms with van der Waals surface area (Å²) >= 11 is 5.65. The number of aromatic nitrogens is 1. The maximum absolute atomic E-state index is 5.65. The maximum atomic E-state index is 5.65. The van der Waals surface area contributed by atoms with E-state index in [1.54, 1.807) is 0 Å². The van der Waals surface area contributed by atoms with Crippen LogP contribution >= 0.6 is 24.0 Å². The summed E-state index contributed by atoms with van der Waals surface area (Å²) in [4.78, 5) is 4.01. The van der Waals surface area contributed by atoms with Crippen LogP contribution in [0.4, 0.5) is 0 Å². The average molecular weight is 205 g/mol. The molecule has 0 aliphatic carbocycles. The van der Waals surface area contributed by atoms with E-state index in [1.807, 2.05) is 18.3 Å². The summed E-state index contributed by atoms with van der Waals surface area (Å²) in [5.74, 6) is 0. The SMILES string of the molecule is Cl.Clc1ccc([C@@H]2CCN2)cn1. The number of hydrogen-bond donors (Lipinski definition) is 1. The van der Waals surface area contributed by atoms with Gasteiger partial charge in [-0.05, 0) is 24.6 Å². The van der Waals surface area contributed by atoms with Crippen molar-refractivity contribution in [2.45, 2.75) is 12.5 Å². The first-order valence-electron chi connectivity index (χ1n) is 3.71. The average Bonchev–Trinajstić information content (AvgIpc) is 1.90. The van der Waals surface area contributed by atoms with Gasteiger partial charge in [0, 0.05) is 12.2 Å². The lowest BCUT2D eigenvalue weighted by molar-refractivity contribution is 0.382. The van der Waals surface area contributed by atoms with E-state index >= 15 is 0 Å². The zero-order valence-electron chi connectivity index (χ0n) is 6.46. The Morgan fingerprint density at radius 3 is 2.67 bits per heavy atom. The standard InChI is InChI=1S/C8H9ClN2.ClH/c9-8-2-1-6(5-11-8)7-3-4-10-7;/h1-2,5,7,10H,3-4H2;1H/t7-;/m0./s1. The van der Waals surface area contributed by atoms with E-state index in [9.17, 15) is 0 Å². The molecule has 1 atom stereocenters. The van der Waals surface area contributed by atoms with Crippen molar-refractivity contribution in [3.05, 3.63) is 29.0 Å². The predicted octanol–water partition coefficient (Wildman–Crippen LogP) is 2.19. The summed E-state index contributed by atoms with van der Waals surface area (Å²) < 4.78 is 0. The zero-order chi connectivity index (χ0) is 7.68. The third-order valence-corrected chi connectivity index (χ3v) is 2.20. The van der Waals surface area contributed by atoms with Crippen LogP contribution in [0.25, 0.3) is 0 Å². The van der Waals surface area contributed by atoms with Crippen LogP contribution < -0.4 is 5.32 Å². The van der Waals surface area contributed by atoms with E-state index in [-0.39, 0.29) is 12.4 Å². The molecule has 1 fully saturated rings. The normalized spacial score (nSPS) is 20.9. The zero-order valence-corrected chi connectivity index (χ0v) is 8.03. The topological polar surface area (TPSA) is 24.9 Å². The van der Waals surface area contributed by atoms with Gasteiger partial charge < -0.3 is 5.32 Å². The van der Waals surface area contributed by atoms with Gasteiger partial charge in [0.15, 0.2) is 0 Å². The highest BCUT2D eigenvalue weighted by Crippen LogP contribution is 2.22. The first-order valence-corrected chi connectivity index (χ1v) is 4.09. The lowest BCUT2D eigenvalue weighted by atomic mass is 10.0. The Balaban J connectivity index is 0.000000720. The Morgan fingerprint density at radius 1 is 1.50 bits per heavy atom. The van der Waals surface area contributed by atoms with Gasteiger partial charge in [0.25, 0.3) is 0 Å². The molecule has 2 rings (SSSR count). The fourth-order valence-electron chi connectivity index (χ4n) is 1.17. The smallest absolute Gasteiger partial charge is 0.129 e. The number of nitrogens with one attached hydrogen (secondary N) is 1. The lowest BCUT2D eigenvalue weighted by Crippen LogP contribution is -2.34. The summed E-state index contributed by atoms with van der Waals surface area (Å²) in [5.41, 5.74) is 1.24. The van der Waals surface area contributed by atoms with Crippen molar-refractivity contribution in [3.8, 4) is 0 Å². The largest absolute Gasteiger partial charge is 0.310 e. The molecule has 1 saturated heterocycles. The minimum Gasteiger partial charge on any atom is -0.310 e. The van der Waals surface area contributed by atoms with Gasteiger partial charge >= 0.3 is 0 Å². The Kier molecular flexibility index (Phi) is 3.32. The Morgan fingerprint density at radius 2 is 2.25 bits per heavy atom. The molecule has 0 aromatic carbocycles. The van der Waals surface area contributed by atoms with Crippen LogP contribution in [0.1, 0.15) is 18.0 Å². The van der Waals surface area contributed by atoms with Crippen LogP contribution in [0.5, 0.6) is 0 Å². The highest BCUT2D eigenvalue weighted by molar-refractivity contribution is 6.29. The molecule has 0 spiro atoms. The number of nitrogens with zero attached hydrogens (tertiary/aromatic N) is 1. The van der Waals surface area contributed by atoms with Crippen molar-refractivity contribution < 1.29 is 0 Å². The van der Waals surface area contributed by atoms with Crippen LogP contribution in [0, 0.1) is 0 Å². The van der Waals surface area contributed by atoms with Crippen LogP contribution in [-0.2, 0) is 0 Å². The minimum atomic E-state index is 0. The molecule has 0 bridgehead atoms. The molecule has 0 saturated carbocycles. The number of halogens is 2. The van der Waals surface area contributed by atoms with Gasteiger partial charge in [-0.2, -0.15) is 0 Å². The monoisotopic (exact) mass is 204 g/mol. The van der Waals surface area contributed by atoms with E-state index in [1.165, 1.54) is 12.0 Å². The third kappa shape index (κ3) is 1.89. The molecule has 2 heterocycles. The molecule has 4 heteroatoms. The highest BCUT2D eigenvalue weighted by Gasteiger charge is 2.17. The molecule has 0 amide bonds. The van der Waals surface area contributed by atoms with Gasteiger partial charge in [-0.15, -0.1) is 12.4 Å². The molecule has 1 aliphatic rings. The van der Waals surface area contributed by atoms with Crippen molar-refractivity contribution in [2.75, 3.05) is 6.54 Å². The predicted molar refractivity (Wildman–Crippen MR) is 51.9 cm³/mol. The second-order valence-corrected chi connectivity index (χ2v) is 3.10. The second-order valence-electron chi connectivity index (χ2n) is 2.71. The first kappa shape index (κ1) is 9.78. The molecule has 0 radical (unpaired) electrons. The molecule has 1 N–H and O–H groups in total. The number of rotatable bonds is 1. The van der Waals surface area contributed by atoms with Crippen molar-refractivity contribution in [1.82, 2.24) is 10.3 Å². The van der Waals surface area contributed by atoms with E-state index in [0.717, 1.165) is 6.54 Å². The van der Waals surface area contributed by atoms with Gasteiger partial charge in [0.2, 0.25) is 0 Å². The highest BCUT2D eigenvalue weighted by atomic mass is 35.5. The Hall–Kier alpha value is -0.310. The van der Waals surface area contributed by atoms with E-state index in [0.29, 0.717) is 11.2 Å². The van der Waals surface area contributed by atoms with Crippen molar-refractivity contribution in [1.29, 1.82) is 0 Å². The van der Waals surface area contributed by atoms with E-state index < -0.39 is 0 Å². The van der Waals surface area contributed by atoms with Crippen molar-refractivity contribution in [3.63, 3.8) is 0 Å². The molecule has 0 unspecified atom stereocenters. The summed E-state index contributed by atoms with van der Waals surface area (Å²) in [6, 6.07) is 4.36. The van der Waals surface area contributed by atoms with Crippen molar-refractivity contribution >= 4 is 24.0 Å². The molecular weight excluding hydrogens is 195 g/mol. The fourth-order valence-corrected chi connectivity index (χ4v) is 1.28. The van der Waals surface area contributed by atoms with Crippen LogP contribution in [-0.4, -0.2) is 11.5 Å². The van der Waals surface area contributed by atoms with Crippen LogP contribution in [0.3, 0.4) is 0 Å². The number of hydrogen-bond acceptors (Lipinski definition) is 2. The summed E-state index contributed by atoms with van der Waals surface area (Å²) in [7, 11) is 0.